The summed E-state index contributed by atoms with van der Waals surface area (Å²) < 4.78 is 6.61. The Kier molecular flexibility index (Phi) is 5.44. The first-order valence-corrected chi connectivity index (χ1v) is 10.7. The van der Waals surface area contributed by atoms with Gasteiger partial charge in [0.1, 0.15) is 12.3 Å². The summed E-state index contributed by atoms with van der Waals surface area (Å²) in [5.74, 6) is 0.466. The predicted octanol–water partition coefficient (Wildman–Crippen LogP) is 3.78. The van der Waals surface area contributed by atoms with Crippen LogP contribution in [0, 0.1) is 0 Å². The second-order valence-electron chi connectivity index (χ2n) is 7.84. The molecule has 1 aliphatic heterocycles. The highest BCUT2D eigenvalue weighted by molar-refractivity contribution is 6.03. The molecule has 0 bridgehead atoms. The summed E-state index contributed by atoms with van der Waals surface area (Å²) in [7, 11) is 1.62. The van der Waals surface area contributed by atoms with E-state index in [0.717, 1.165) is 22.6 Å². The molecule has 0 N–H and O–H groups in total. The van der Waals surface area contributed by atoms with Gasteiger partial charge < -0.3 is 4.74 Å². The van der Waals surface area contributed by atoms with Gasteiger partial charge in [-0.15, -0.1) is 0 Å². The number of hydrogen-bond donors (Lipinski definition) is 0. The van der Waals surface area contributed by atoms with Gasteiger partial charge >= 0.3 is 0 Å². The van der Waals surface area contributed by atoms with Crippen molar-refractivity contribution in [2.75, 3.05) is 7.11 Å². The van der Waals surface area contributed by atoms with Gasteiger partial charge in [-0.3, -0.25) is 14.2 Å². The van der Waals surface area contributed by atoms with Gasteiger partial charge in [0.05, 0.1) is 36.1 Å². The van der Waals surface area contributed by atoms with Crippen LogP contribution in [0.2, 0.25) is 0 Å². The van der Waals surface area contributed by atoms with E-state index in [1.54, 1.807) is 25.3 Å². The molecular weight excluding hydrogens is 416 g/mol. The molecule has 1 amide bonds. The van der Waals surface area contributed by atoms with Gasteiger partial charge in [-0.05, 0) is 35.4 Å². The van der Waals surface area contributed by atoms with Crippen molar-refractivity contribution in [3.63, 3.8) is 0 Å². The van der Waals surface area contributed by atoms with E-state index in [9.17, 15) is 9.59 Å². The lowest BCUT2D eigenvalue weighted by Gasteiger charge is -2.22. The van der Waals surface area contributed by atoms with Crippen LogP contribution in [0.1, 0.15) is 23.6 Å². The van der Waals surface area contributed by atoms with Gasteiger partial charge in [0.25, 0.3) is 11.5 Å². The Balaban J connectivity index is 1.49. The Morgan fingerprint density at radius 2 is 1.73 bits per heavy atom. The molecule has 7 heteroatoms. The molecule has 7 nitrogen and oxygen atoms in total. The van der Waals surface area contributed by atoms with Crippen LogP contribution in [0.5, 0.6) is 5.75 Å². The zero-order valence-corrected chi connectivity index (χ0v) is 18.1. The summed E-state index contributed by atoms with van der Waals surface area (Å²) in [6.45, 7) is -0.144. The number of methoxy groups -OCH3 is 1. The molecule has 1 aliphatic rings. The minimum atomic E-state index is -0.277. The highest BCUT2D eigenvalue weighted by Crippen LogP contribution is 2.33. The highest BCUT2D eigenvalue weighted by atomic mass is 16.5. The van der Waals surface area contributed by atoms with E-state index in [4.69, 9.17) is 4.74 Å². The number of carbonyl (C=O) groups excluding carboxylic acids is 1. The third kappa shape index (κ3) is 4.01. The van der Waals surface area contributed by atoms with Crippen LogP contribution in [-0.2, 0) is 11.3 Å². The summed E-state index contributed by atoms with van der Waals surface area (Å²) in [4.78, 5) is 30.6. The van der Waals surface area contributed by atoms with E-state index in [2.05, 4.69) is 10.1 Å². The quantitative estimate of drug-likeness (QED) is 0.475. The minimum Gasteiger partial charge on any atom is -0.497 e. The Hall–Kier alpha value is -4.26. The lowest BCUT2D eigenvalue weighted by Crippen LogP contribution is -2.34. The molecule has 0 radical (unpaired) electrons. The minimum absolute atomic E-state index is 0.144. The first-order valence-electron chi connectivity index (χ1n) is 10.7. The summed E-state index contributed by atoms with van der Waals surface area (Å²) in [6, 6.07) is 24.3. The van der Waals surface area contributed by atoms with Crippen LogP contribution in [0.25, 0.3) is 10.9 Å². The summed E-state index contributed by atoms with van der Waals surface area (Å²) >= 11 is 0. The monoisotopic (exact) mass is 438 g/mol. The number of rotatable bonds is 5. The summed E-state index contributed by atoms with van der Waals surface area (Å²) in [6.07, 6.45) is 2.00. The lowest BCUT2D eigenvalue weighted by molar-refractivity contribution is -0.133. The molecule has 4 aromatic rings. The number of hydrogen-bond acceptors (Lipinski definition) is 5. The second kappa shape index (κ2) is 8.70. The van der Waals surface area contributed by atoms with Gasteiger partial charge in [-0.1, -0.05) is 54.6 Å². The van der Waals surface area contributed by atoms with E-state index >= 15 is 0 Å². The van der Waals surface area contributed by atoms with E-state index in [-0.39, 0.29) is 24.1 Å². The normalized spacial score (nSPS) is 15.5. The maximum atomic E-state index is 13.4. The molecule has 164 valence electrons. The number of para-hydroxylation sites is 1. The number of ether oxygens (including phenoxy) is 1. The van der Waals surface area contributed by atoms with Gasteiger partial charge in [0.2, 0.25) is 0 Å². The lowest BCUT2D eigenvalue weighted by atomic mass is 9.98. The Morgan fingerprint density at radius 1 is 1.00 bits per heavy atom. The summed E-state index contributed by atoms with van der Waals surface area (Å²) in [5, 5.41) is 6.65. The number of benzene rings is 3. The maximum Gasteiger partial charge on any atom is 0.263 e. The Morgan fingerprint density at radius 3 is 2.48 bits per heavy atom. The van der Waals surface area contributed by atoms with Crippen LogP contribution in [0.15, 0.2) is 95.1 Å². The molecule has 1 atom stereocenters. The molecule has 33 heavy (non-hydrogen) atoms. The van der Waals surface area contributed by atoms with Gasteiger partial charge in [-0.25, -0.2) is 9.99 Å². The van der Waals surface area contributed by atoms with Crippen molar-refractivity contribution in [2.24, 2.45) is 5.10 Å². The number of hydrazone groups is 1. The van der Waals surface area contributed by atoms with E-state index < -0.39 is 0 Å². The standard InChI is InChI=1S/C26H22N4O3/c1-33-20-13-11-19(12-14-20)24-15-23(18-7-3-2-4-8-18)28-30(24)25(31)16-29-17-27-22-10-6-5-9-21(22)26(29)32/h2-14,17,24H,15-16H2,1H3/t24-/m1/s1. The van der Waals surface area contributed by atoms with Crippen molar-refractivity contribution in [1.82, 2.24) is 14.6 Å². The van der Waals surface area contributed by atoms with E-state index in [0.29, 0.717) is 17.3 Å². The molecule has 0 spiro atoms. The average molecular weight is 438 g/mol. The molecule has 3 aromatic carbocycles. The molecule has 0 saturated heterocycles. The molecule has 5 rings (SSSR count). The third-order valence-electron chi connectivity index (χ3n) is 5.81. The maximum absolute atomic E-state index is 13.4. The summed E-state index contributed by atoms with van der Waals surface area (Å²) in [5.41, 5.74) is 3.10. The number of fused-ring (bicyclic) bond motifs is 1. The molecule has 0 aliphatic carbocycles. The van der Waals surface area contributed by atoms with Gasteiger partial charge in [0.15, 0.2) is 0 Å². The van der Waals surface area contributed by atoms with Crippen LogP contribution >= 0.6 is 0 Å². The van der Waals surface area contributed by atoms with Gasteiger partial charge in [-0.2, -0.15) is 5.10 Å². The third-order valence-corrected chi connectivity index (χ3v) is 5.81. The first-order chi connectivity index (χ1) is 16.1. The van der Waals surface area contributed by atoms with Crippen molar-refractivity contribution in [3.8, 4) is 5.75 Å². The van der Waals surface area contributed by atoms with Crippen LogP contribution in [0.3, 0.4) is 0 Å². The molecule has 0 saturated carbocycles. The van der Waals surface area contributed by atoms with Crippen LogP contribution < -0.4 is 10.3 Å². The SMILES string of the molecule is COc1ccc([C@H]2CC(c3ccccc3)=NN2C(=O)Cn2cnc3ccccc3c2=O)cc1. The predicted molar refractivity (Wildman–Crippen MR) is 126 cm³/mol. The molecule has 1 aromatic heterocycles. The smallest absolute Gasteiger partial charge is 0.263 e. The number of nitrogens with zero attached hydrogens (tertiary/aromatic N) is 4. The fraction of sp³-hybridized carbons (Fsp3) is 0.154. The fourth-order valence-electron chi connectivity index (χ4n) is 4.07. The van der Waals surface area contributed by atoms with Crippen molar-refractivity contribution in [2.45, 2.75) is 19.0 Å². The Bertz CT molecular complexity index is 1390. The van der Waals surface area contributed by atoms with Crippen molar-refractivity contribution < 1.29 is 9.53 Å². The molecule has 2 heterocycles. The largest absolute Gasteiger partial charge is 0.497 e. The Labute approximate surface area is 190 Å². The second-order valence-corrected chi connectivity index (χ2v) is 7.84. The number of amides is 1. The van der Waals surface area contributed by atoms with Crippen molar-refractivity contribution in [3.05, 3.63) is 107 Å². The topological polar surface area (TPSA) is 76.8 Å². The zero-order chi connectivity index (χ0) is 22.8. The number of carbonyl (C=O) groups is 1. The van der Waals surface area contributed by atoms with E-state index in [1.165, 1.54) is 15.9 Å². The fourth-order valence-corrected chi connectivity index (χ4v) is 4.07. The highest BCUT2D eigenvalue weighted by Gasteiger charge is 2.33. The van der Waals surface area contributed by atoms with Crippen LogP contribution in [-0.4, -0.2) is 33.3 Å². The average Bonchev–Trinajstić information content (AvgIpc) is 3.32. The number of aromatic nitrogens is 2. The van der Waals surface area contributed by atoms with Crippen LogP contribution in [0.4, 0.5) is 0 Å². The molecular formula is C26H22N4O3. The van der Waals surface area contributed by atoms with Gasteiger partial charge in [0, 0.05) is 6.42 Å². The molecule has 0 fully saturated rings. The van der Waals surface area contributed by atoms with E-state index in [1.807, 2.05) is 60.7 Å². The zero-order valence-electron chi connectivity index (χ0n) is 18.1. The van der Waals surface area contributed by atoms with Crippen molar-refractivity contribution in [1.29, 1.82) is 0 Å². The first kappa shape index (κ1) is 20.6. The van der Waals surface area contributed by atoms with Crippen molar-refractivity contribution >= 4 is 22.5 Å². The molecule has 0 unspecified atom stereocenters.